The maximum Gasteiger partial charge on any atom is 0.301 e. The van der Waals surface area contributed by atoms with Crippen molar-refractivity contribution < 1.29 is 9.85 Å². The lowest BCUT2D eigenvalue weighted by Gasteiger charge is -2.36. The van der Waals surface area contributed by atoms with Crippen molar-refractivity contribution in [2.75, 3.05) is 5.43 Å². The molecule has 0 aliphatic heterocycles. The molecule has 1 aromatic rings. The minimum Gasteiger partial charge on any atom is -0.272 e. The van der Waals surface area contributed by atoms with Gasteiger partial charge in [0, 0.05) is 17.7 Å². The van der Waals surface area contributed by atoms with E-state index in [0.29, 0.717) is 17.8 Å². The molecule has 2 bridgehead atoms. The molecule has 0 spiro atoms. The van der Waals surface area contributed by atoms with Gasteiger partial charge in [-0.1, -0.05) is 13.3 Å². The Hall–Kier alpha value is -2.51. The first-order chi connectivity index (χ1) is 13.4. The van der Waals surface area contributed by atoms with Gasteiger partial charge < -0.3 is 0 Å². The van der Waals surface area contributed by atoms with E-state index in [2.05, 4.69) is 17.5 Å². The first-order valence-corrected chi connectivity index (χ1v) is 10.2. The highest BCUT2D eigenvalue weighted by Gasteiger charge is 2.45. The Bertz CT molecular complexity index is 824. The zero-order chi connectivity index (χ0) is 19.8. The van der Waals surface area contributed by atoms with Gasteiger partial charge in [0.25, 0.3) is 5.69 Å². The van der Waals surface area contributed by atoms with Crippen LogP contribution < -0.4 is 5.43 Å². The van der Waals surface area contributed by atoms with Gasteiger partial charge in [0.1, 0.15) is 5.69 Å². The van der Waals surface area contributed by atoms with E-state index in [1.54, 1.807) is 0 Å². The number of rotatable bonds is 5. The standard InChI is InChI=1S/C20H26N4O4/c1-12-2-6-16(17-10-13-3-4-14(17)9-13)19(8-12)22-21-18-7-5-15(23(25)26)11-20(18)24(27)28/h5,7,11-14,16-17,21H,2-4,6,8-10H2,1H3/b22-19-/t12-,13+,14+,16+,17+/m0/s1. The molecule has 3 aliphatic rings. The van der Waals surface area contributed by atoms with Gasteiger partial charge in [-0.05, 0) is 68.3 Å². The maximum absolute atomic E-state index is 11.4. The Morgan fingerprint density at radius 3 is 2.54 bits per heavy atom. The molecule has 150 valence electrons. The van der Waals surface area contributed by atoms with Crippen molar-refractivity contribution in [1.82, 2.24) is 0 Å². The van der Waals surface area contributed by atoms with E-state index in [1.165, 1.54) is 44.2 Å². The van der Waals surface area contributed by atoms with E-state index >= 15 is 0 Å². The maximum atomic E-state index is 11.4. The van der Waals surface area contributed by atoms with Crippen LogP contribution in [0.2, 0.25) is 0 Å². The quantitative estimate of drug-likeness (QED) is 0.556. The molecule has 0 amide bonds. The third-order valence-corrected chi connectivity index (χ3v) is 6.97. The van der Waals surface area contributed by atoms with Crippen molar-refractivity contribution >= 4 is 22.8 Å². The summed E-state index contributed by atoms with van der Waals surface area (Å²) in [5.74, 6) is 3.39. The van der Waals surface area contributed by atoms with Crippen LogP contribution in [0.1, 0.15) is 51.9 Å². The van der Waals surface area contributed by atoms with Crippen LogP contribution in [-0.2, 0) is 0 Å². The fraction of sp³-hybridized carbons (Fsp3) is 0.650. The SMILES string of the molecule is C[C@H]1CC[C@H]([C@@H]2C[C@@H]3CC[C@@H]2C3)/C(=N\Nc2ccc([N+](=O)[O-])cc2[N+](=O)[O-])C1. The second-order valence-corrected chi connectivity index (χ2v) is 8.76. The van der Waals surface area contributed by atoms with Gasteiger partial charge in [-0.15, -0.1) is 0 Å². The summed E-state index contributed by atoms with van der Waals surface area (Å²) in [6.45, 7) is 2.22. The molecule has 3 saturated carbocycles. The smallest absolute Gasteiger partial charge is 0.272 e. The molecule has 0 heterocycles. The van der Waals surface area contributed by atoms with Crippen molar-refractivity contribution in [3.63, 3.8) is 0 Å². The number of nitro groups is 2. The summed E-state index contributed by atoms with van der Waals surface area (Å²) in [5.41, 5.74) is 3.57. The Morgan fingerprint density at radius 2 is 1.89 bits per heavy atom. The fourth-order valence-corrected chi connectivity index (χ4v) is 5.63. The second-order valence-electron chi connectivity index (χ2n) is 8.76. The number of nitrogens with zero attached hydrogens (tertiary/aromatic N) is 3. The predicted molar refractivity (Wildman–Crippen MR) is 106 cm³/mol. The van der Waals surface area contributed by atoms with Crippen LogP contribution in [0, 0.1) is 49.8 Å². The number of non-ortho nitro benzene ring substituents is 1. The molecule has 5 atom stereocenters. The van der Waals surface area contributed by atoms with E-state index in [9.17, 15) is 20.2 Å². The molecule has 28 heavy (non-hydrogen) atoms. The number of fused-ring (bicyclic) bond motifs is 2. The van der Waals surface area contributed by atoms with Gasteiger partial charge in [0.15, 0.2) is 0 Å². The van der Waals surface area contributed by atoms with Crippen molar-refractivity contribution in [2.24, 2.45) is 34.7 Å². The van der Waals surface area contributed by atoms with Gasteiger partial charge in [-0.2, -0.15) is 5.10 Å². The number of nitrogens with one attached hydrogen (secondary N) is 1. The summed E-state index contributed by atoms with van der Waals surface area (Å²) in [5, 5.41) is 26.9. The normalized spacial score (nSPS) is 33.2. The van der Waals surface area contributed by atoms with E-state index in [4.69, 9.17) is 0 Å². The summed E-state index contributed by atoms with van der Waals surface area (Å²) in [6.07, 6.45) is 8.59. The van der Waals surface area contributed by atoms with Crippen LogP contribution in [0.25, 0.3) is 0 Å². The molecule has 0 unspecified atom stereocenters. The molecule has 8 heteroatoms. The van der Waals surface area contributed by atoms with Crippen molar-refractivity contribution in [3.8, 4) is 0 Å². The van der Waals surface area contributed by atoms with Crippen LogP contribution >= 0.6 is 0 Å². The van der Waals surface area contributed by atoms with Crippen LogP contribution in [0.15, 0.2) is 23.3 Å². The Labute approximate surface area is 163 Å². The van der Waals surface area contributed by atoms with E-state index in [0.717, 1.165) is 36.5 Å². The van der Waals surface area contributed by atoms with Gasteiger partial charge in [-0.3, -0.25) is 25.7 Å². The molecular formula is C20H26N4O4. The summed E-state index contributed by atoms with van der Waals surface area (Å²) in [7, 11) is 0. The van der Waals surface area contributed by atoms with Gasteiger partial charge >= 0.3 is 5.69 Å². The minimum atomic E-state index is -0.628. The fourth-order valence-electron chi connectivity index (χ4n) is 5.63. The van der Waals surface area contributed by atoms with Crippen LogP contribution in [-0.4, -0.2) is 15.6 Å². The molecular weight excluding hydrogens is 360 g/mol. The largest absolute Gasteiger partial charge is 0.301 e. The molecule has 3 aliphatic carbocycles. The van der Waals surface area contributed by atoms with E-state index in [-0.39, 0.29) is 17.1 Å². The Kier molecular flexibility index (Phi) is 5.03. The number of anilines is 1. The number of benzene rings is 1. The van der Waals surface area contributed by atoms with Crippen molar-refractivity contribution in [1.29, 1.82) is 0 Å². The number of hydrazone groups is 1. The lowest BCUT2D eigenvalue weighted by atomic mass is 9.70. The highest BCUT2D eigenvalue weighted by molar-refractivity contribution is 5.89. The average molecular weight is 386 g/mol. The molecule has 0 radical (unpaired) electrons. The molecule has 0 aromatic heterocycles. The van der Waals surface area contributed by atoms with Gasteiger partial charge in [0.05, 0.1) is 15.9 Å². The molecule has 0 saturated heterocycles. The summed E-state index contributed by atoms with van der Waals surface area (Å²) in [4.78, 5) is 21.0. The van der Waals surface area contributed by atoms with Crippen molar-refractivity contribution in [3.05, 3.63) is 38.4 Å². The average Bonchev–Trinajstić information content (AvgIpc) is 3.29. The van der Waals surface area contributed by atoms with Gasteiger partial charge in [0.2, 0.25) is 0 Å². The third kappa shape index (κ3) is 3.59. The van der Waals surface area contributed by atoms with E-state index < -0.39 is 9.85 Å². The van der Waals surface area contributed by atoms with E-state index in [1.807, 2.05) is 0 Å². The van der Waals surface area contributed by atoms with Gasteiger partial charge in [-0.25, -0.2) is 0 Å². The van der Waals surface area contributed by atoms with Crippen LogP contribution in [0.3, 0.4) is 0 Å². The Morgan fingerprint density at radius 1 is 1.07 bits per heavy atom. The second kappa shape index (κ2) is 7.48. The van der Waals surface area contributed by atoms with Crippen LogP contribution in [0.4, 0.5) is 17.1 Å². The zero-order valence-electron chi connectivity index (χ0n) is 16.0. The lowest BCUT2D eigenvalue weighted by Crippen LogP contribution is -2.33. The topological polar surface area (TPSA) is 111 Å². The lowest BCUT2D eigenvalue weighted by molar-refractivity contribution is -0.393. The highest BCUT2D eigenvalue weighted by atomic mass is 16.6. The number of hydrogen-bond donors (Lipinski definition) is 1. The third-order valence-electron chi connectivity index (χ3n) is 6.97. The molecule has 4 rings (SSSR count). The predicted octanol–water partition coefficient (Wildman–Crippen LogP) is 5.14. The number of hydrogen-bond acceptors (Lipinski definition) is 6. The zero-order valence-corrected chi connectivity index (χ0v) is 16.0. The summed E-state index contributed by atoms with van der Waals surface area (Å²) < 4.78 is 0. The number of nitro benzene ring substituents is 2. The van der Waals surface area contributed by atoms with Crippen molar-refractivity contribution in [2.45, 2.75) is 51.9 Å². The minimum absolute atomic E-state index is 0.202. The first-order valence-electron chi connectivity index (χ1n) is 10.2. The Balaban J connectivity index is 1.57. The first kappa shape index (κ1) is 18.8. The van der Waals surface area contributed by atoms with Crippen LogP contribution in [0.5, 0.6) is 0 Å². The molecule has 1 N–H and O–H groups in total. The summed E-state index contributed by atoms with van der Waals surface area (Å²) >= 11 is 0. The molecule has 8 nitrogen and oxygen atoms in total. The molecule has 1 aromatic carbocycles. The highest BCUT2D eigenvalue weighted by Crippen LogP contribution is 2.53. The monoisotopic (exact) mass is 386 g/mol. The molecule has 3 fully saturated rings. The summed E-state index contributed by atoms with van der Waals surface area (Å²) in [6, 6.07) is 3.63.